The number of aromatic nitrogens is 1. The van der Waals surface area contributed by atoms with E-state index < -0.39 is 0 Å². The summed E-state index contributed by atoms with van der Waals surface area (Å²) in [5.41, 5.74) is 3.56. The highest BCUT2D eigenvalue weighted by Gasteiger charge is 2.12. The molecule has 2 aromatic rings. The second-order valence-corrected chi connectivity index (χ2v) is 5.77. The number of ether oxygens (including phenoxy) is 1. The van der Waals surface area contributed by atoms with Gasteiger partial charge in [-0.05, 0) is 17.2 Å². The van der Waals surface area contributed by atoms with Gasteiger partial charge in [0.2, 0.25) is 0 Å². The molecule has 3 rings (SSSR count). The molecule has 2 heterocycles. The zero-order valence-electron chi connectivity index (χ0n) is 12.5. The third-order valence-corrected chi connectivity index (χ3v) is 4.16. The SMILES string of the molecule is Clc1cnccc1NCc1ccccc1CN1CCOCC1. The van der Waals surface area contributed by atoms with Gasteiger partial charge >= 0.3 is 0 Å². The largest absolute Gasteiger partial charge is 0.380 e. The van der Waals surface area contributed by atoms with Gasteiger partial charge in [0.15, 0.2) is 0 Å². The van der Waals surface area contributed by atoms with Gasteiger partial charge in [-0.3, -0.25) is 9.88 Å². The molecule has 116 valence electrons. The number of hydrogen-bond donors (Lipinski definition) is 1. The van der Waals surface area contributed by atoms with E-state index in [0.717, 1.165) is 45.1 Å². The van der Waals surface area contributed by atoms with E-state index in [2.05, 4.69) is 39.5 Å². The van der Waals surface area contributed by atoms with Crippen LogP contribution in [0.1, 0.15) is 11.1 Å². The Balaban J connectivity index is 1.67. The second-order valence-electron chi connectivity index (χ2n) is 5.37. The summed E-state index contributed by atoms with van der Waals surface area (Å²) in [4.78, 5) is 6.44. The molecule has 22 heavy (non-hydrogen) atoms. The predicted octanol–water partition coefficient (Wildman–Crippen LogP) is 3.18. The molecule has 0 unspecified atom stereocenters. The molecule has 1 N–H and O–H groups in total. The molecular formula is C17H20ClN3O. The average molecular weight is 318 g/mol. The maximum absolute atomic E-state index is 6.14. The molecule has 5 heteroatoms. The van der Waals surface area contributed by atoms with Gasteiger partial charge in [-0.25, -0.2) is 0 Å². The Morgan fingerprint density at radius 1 is 1.14 bits per heavy atom. The van der Waals surface area contributed by atoms with Crippen molar-refractivity contribution in [2.45, 2.75) is 13.1 Å². The lowest BCUT2D eigenvalue weighted by atomic mass is 10.1. The van der Waals surface area contributed by atoms with Crippen molar-refractivity contribution in [1.29, 1.82) is 0 Å². The van der Waals surface area contributed by atoms with Gasteiger partial charge in [0.25, 0.3) is 0 Å². The van der Waals surface area contributed by atoms with Crippen LogP contribution >= 0.6 is 11.6 Å². The van der Waals surface area contributed by atoms with Crippen LogP contribution in [0.25, 0.3) is 0 Å². The van der Waals surface area contributed by atoms with Crippen molar-refractivity contribution in [3.8, 4) is 0 Å². The van der Waals surface area contributed by atoms with Gasteiger partial charge in [0.05, 0.1) is 23.9 Å². The Kier molecular flexibility index (Phi) is 5.27. The summed E-state index contributed by atoms with van der Waals surface area (Å²) < 4.78 is 5.41. The van der Waals surface area contributed by atoms with Crippen LogP contribution in [0.15, 0.2) is 42.7 Å². The maximum Gasteiger partial charge on any atom is 0.0820 e. The van der Waals surface area contributed by atoms with Crippen LogP contribution in [0.2, 0.25) is 5.02 Å². The van der Waals surface area contributed by atoms with Crippen molar-refractivity contribution >= 4 is 17.3 Å². The molecule has 1 fully saturated rings. The molecule has 4 nitrogen and oxygen atoms in total. The number of hydrogen-bond acceptors (Lipinski definition) is 4. The van der Waals surface area contributed by atoms with Crippen LogP contribution in [-0.2, 0) is 17.8 Å². The predicted molar refractivity (Wildman–Crippen MR) is 89.1 cm³/mol. The minimum atomic E-state index is 0.646. The maximum atomic E-state index is 6.14. The summed E-state index contributed by atoms with van der Waals surface area (Å²) in [6.07, 6.45) is 3.40. The monoisotopic (exact) mass is 317 g/mol. The summed E-state index contributed by atoms with van der Waals surface area (Å²) in [7, 11) is 0. The van der Waals surface area contributed by atoms with E-state index in [1.54, 1.807) is 12.4 Å². The zero-order chi connectivity index (χ0) is 15.2. The number of nitrogens with zero attached hydrogens (tertiary/aromatic N) is 2. The lowest BCUT2D eigenvalue weighted by Crippen LogP contribution is -2.35. The van der Waals surface area contributed by atoms with Crippen LogP contribution in [0, 0.1) is 0 Å². The first-order chi connectivity index (χ1) is 10.8. The number of rotatable bonds is 5. The Morgan fingerprint density at radius 2 is 1.91 bits per heavy atom. The number of benzene rings is 1. The van der Waals surface area contributed by atoms with Crippen molar-refractivity contribution in [3.05, 3.63) is 58.9 Å². The van der Waals surface area contributed by atoms with Crippen molar-refractivity contribution in [1.82, 2.24) is 9.88 Å². The van der Waals surface area contributed by atoms with Gasteiger partial charge in [0.1, 0.15) is 0 Å². The highest BCUT2D eigenvalue weighted by Crippen LogP contribution is 2.21. The first kappa shape index (κ1) is 15.3. The van der Waals surface area contributed by atoms with Crippen molar-refractivity contribution < 1.29 is 4.74 Å². The minimum absolute atomic E-state index is 0.646. The minimum Gasteiger partial charge on any atom is -0.380 e. The molecule has 1 aliphatic heterocycles. The Labute approximate surface area is 136 Å². The molecule has 1 aromatic heterocycles. The Morgan fingerprint density at radius 3 is 2.68 bits per heavy atom. The summed E-state index contributed by atoms with van der Waals surface area (Å²) in [5.74, 6) is 0. The van der Waals surface area contributed by atoms with Gasteiger partial charge in [-0.2, -0.15) is 0 Å². The van der Waals surface area contributed by atoms with E-state index in [-0.39, 0.29) is 0 Å². The van der Waals surface area contributed by atoms with E-state index in [4.69, 9.17) is 16.3 Å². The molecule has 0 radical (unpaired) electrons. The van der Waals surface area contributed by atoms with E-state index >= 15 is 0 Å². The molecule has 0 atom stereocenters. The van der Waals surface area contributed by atoms with Crippen molar-refractivity contribution in [2.75, 3.05) is 31.6 Å². The fraction of sp³-hybridized carbons (Fsp3) is 0.353. The fourth-order valence-electron chi connectivity index (χ4n) is 2.59. The number of pyridine rings is 1. The van der Waals surface area contributed by atoms with Crippen molar-refractivity contribution in [2.24, 2.45) is 0 Å². The molecule has 0 saturated carbocycles. The summed E-state index contributed by atoms with van der Waals surface area (Å²) in [6, 6.07) is 10.4. The molecule has 0 spiro atoms. The highest BCUT2D eigenvalue weighted by molar-refractivity contribution is 6.33. The lowest BCUT2D eigenvalue weighted by Gasteiger charge is -2.27. The van der Waals surface area contributed by atoms with Gasteiger partial charge in [-0.15, -0.1) is 0 Å². The molecular weight excluding hydrogens is 298 g/mol. The number of morpholine rings is 1. The van der Waals surface area contributed by atoms with Crippen LogP contribution in [0.4, 0.5) is 5.69 Å². The van der Waals surface area contributed by atoms with E-state index in [9.17, 15) is 0 Å². The molecule has 1 saturated heterocycles. The van der Waals surface area contributed by atoms with Gasteiger partial charge in [-0.1, -0.05) is 35.9 Å². The fourth-order valence-corrected chi connectivity index (χ4v) is 2.78. The third kappa shape index (κ3) is 3.97. The van der Waals surface area contributed by atoms with Crippen LogP contribution in [0.5, 0.6) is 0 Å². The molecule has 1 aromatic carbocycles. The standard InChI is InChI=1S/C17H20ClN3O/c18-16-12-19-6-5-17(16)20-11-14-3-1-2-4-15(14)13-21-7-9-22-10-8-21/h1-6,12H,7-11,13H2,(H,19,20). The number of nitrogens with one attached hydrogen (secondary N) is 1. The quantitative estimate of drug-likeness (QED) is 0.919. The van der Waals surface area contributed by atoms with Crippen LogP contribution in [-0.4, -0.2) is 36.2 Å². The normalized spacial score (nSPS) is 15.7. The van der Waals surface area contributed by atoms with Crippen LogP contribution < -0.4 is 5.32 Å². The zero-order valence-corrected chi connectivity index (χ0v) is 13.2. The molecule has 0 amide bonds. The smallest absolute Gasteiger partial charge is 0.0820 e. The highest BCUT2D eigenvalue weighted by atomic mass is 35.5. The summed E-state index contributed by atoms with van der Waals surface area (Å²) in [5, 5.41) is 4.04. The topological polar surface area (TPSA) is 37.4 Å². The van der Waals surface area contributed by atoms with Gasteiger partial charge < -0.3 is 10.1 Å². The van der Waals surface area contributed by atoms with Crippen LogP contribution in [0.3, 0.4) is 0 Å². The van der Waals surface area contributed by atoms with Gasteiger partial charge in [0, 0.05) is 38.6 Å². The molecule has 1 aliphatic rings. The first-order valence-corrected chi connectivity index (χ1v) is 7.91. The summed E-state index contributed by atoms with van der Waals surface area (Å²) in [6.45, 7) is 5.37. The molecule has 0 bridgehead atoms. The van der Waals surface area contributed by atoms with E-state index in [1.807, 2.05) is 6.07 Å². The third-order valence-electron chi connectivity index (χ3n) is 3.86. The number of anilines is 1. The van der Waals surface area contributed by atoms with Crippen molar-refractivity contribution in [3.63, 3.8) is 0 Å². The lowest BCUT2D eigenvalue weighted by molar-refractivity contribution is 0.0341. The first-order valence-electron chi connectivity index (χ1n) is 7.53. The molecule has 0 aliphatic carbocycles. The second kappa shape index (κ2) is 7.58. The van der Waals surface area contributed by atoms with E-state index in [0.29, 0.717) is 5.02 Å². The number of halogens is 1. The Bertz CT molecular complexity index is 614. The summed E-state index contributed by atoms with van der Waals surface area (Å²) >= 11 is 6.14. The Hall–Kier alpha value is -1.62. The van der Waals surface area contributed by atoms with E-state index in [1.165, 1.54) is 11.1 Å². The average Bonchev–Trinajstić information content (AvgIpc) is 2.56.